The summed E-state index contributed by atoms with van der Waals surface area (Å²) in [4.78, 5) is 30.4. The number of aromatic nitrogens is 3. The highest BCUT2D eigenvalue weighted by atomic mass is 35.5. The SMILES string of the molecule is CC[NH+](CC(=O)Nc1cc(Cl)ccc1C)Cc1nn2c(=O)cc(C)nc2s1. The van der Waals surface area contributed by atoms with Gasteiger partial charge in [0.15, 0.2) is 11.6 Å². The lowest BCUT2D eigenvalue weighted by Crippen LogP contribution is -3.11. The molecule has 0 radical (unpaired) electrons. The lowest BCUT2D eigenvalue weighted by molar-refractivity contribution is -0.903. The number of nitrogens with zero attached hydrogens (tertiary/aromatic N) is 3. The van der Waals surface area contributed by atoms with E-state index in [0.717, 1.165) is 22.0 Å². The maximum Gasteiger partial charge on any atom is 0.279 e. The highest BCUT2D eigenvalue weighted by Gasteiger charge is 2.17. The number of carbonyl (C=O) groups is 1. The summed E-state index contributed by atoms with van der Waals surface area (Å²) in [5.74, 6) is -0.0931. The molecule has 0 fully saturated rings. The van der Waals surface area contributed by atoms with Crippen molar-refractivity contribution >= 4 is 39.5 Å². The van der Waals surface area contributed by atoms with Crippen LogP contribution >= 0.6 is 22.9 Å². The van der Waals surface area contributed by atoms with E-state index in [0.29, 0.717) is 34.5 Å². The molecule has 0 bridgehead atoms. The summed E-state index contributed by atoms with van der Waals surface area (Å²) in [6.07, 6.45) is 0. The first kappa shape index (κ1) is 19.5. The van der Waals surface area contributed by atoms with Gasteiger partial charge in [0.05, 0.1) is 6.54 Å². The van der Waals surface area contributed by atoms with Gasteiger partial charge in [0.1, 0.15) is 6.54 Å². The number of halogens is 1. The van der Waals surface area contributed by atoms with Gasteiger partial charge in [-0.1, -0.05) is 29.0 Å². The monoisotopic (exact) mass is 406 g/mol. The molecule has 142 valence electrons. The predicted octanol–water partition coefficient (Wildman–Crippen LogP) is 1.46. The summed E-state index contributed by atoms with van der Waals surface area (Å²) in [5.41, 5.74) is 2.16. The van der Waals surface area contributed by atoms with E-state index in [-0.39, 0.29) is 11.5 Å². The van der Waals surface area contributed by atoms with Gasteiger partial charge in [-0.3, -0.25) is 9.59 Å². The van der Waals surface area contributed by atoms with E-state index < -0.39 is 0 Å². The fourth-order valence-electron chi connectivity index (χ4n) is 2.71. The van der Waals surface area contributed by atoms with E-state index in [4.69, 9.17) is 11.6 Å². The van der Waals surface area contributed by atoms with Crippen molar-refractivity contribution in [2.45, 2.75) is 27.3 Å². The van der Waals surface area contributed by atoms with Crippen LogP contribution in [0.15, 0.2) is 29.1 Å². The van der Waals surface area contributed by atoms with Crippen LogP contribution in [0.5, 0.6) is 0 Å². The van der Waals surface area contributed by atoms with Crippen molar-refractivity contribution in [3.05, 3.63) is 55.9 Å². The average Bonchev–Trinajstić information content (AvgIpc) is 3.00. The van der Waals surface area contributed by atoms with Crippen LogP contribution in [0.4, 0.5) is 5.69 Å². The Labute approximate surface area is 165 Å². The molecule has 0 aliphatic rings. The predicted molar refractivity (Wildman–Crippen MR) is 107 cm³/mol. The maximum atomic E-state index is 12.4. The first-order valence-electron chi connectivity index (χ1n) is 8.61. The molecule has 2 aromatic heterocycles. The summed E-state index contributed by atoms with van der Waals surface area (Å²) < 4.78 is 1.32. The number of aryl methyl sites for hydroxylation is 2. The largest absolute Gasteiger partial charge is 0.322 e. The number of hydrogen-bond acceptors (Lipinski definition) is 5. The Balaban J connectivity index is 1.70. The van der Waals surface area contributed by atoms with Crippen LogP contribution in [0.2, 0.25) is 5.02 Å². The van der Waals surface area contributed by atoms with E-state index in [1.165, 1.54) is 21.9 Å². The summed E-state index contributed by atoms with van der Waals surface area (Å²) in [7, 11) is 0. The molecule has 1 aromatic carbocycles. The van der Waals surface area contributed by atoms with E-state index in [1.807, 2.05) is 19.9 Å². The molecule has 0 saturated carbocycles. The molecule has 3 rings (SSSR count). The first-order valence-corrected chi connectivity index (χ1v) is 9.81. The van der Waals surface area contributed by atoms with Gasteiger partial charge in [0.2, 0.25) is 4.96 Å². The normalized spacial score (nSPS) is 12.3. The van der Waals surface area contributed by atoms with Gasteiger partial charge in [-0.25, -0.2) is 4.98 Å². The zero-order valence-electron chi connectivity index (χ0n) is 15.4. The Morgan fingerprint density at radius 3 is 2.85 bits per heavy atom. The standard InChI is InChI=1S/C18H20ClN5O2S/c1-4-23(9-15(25)21-14-8-13(19)6-5-11(14)2)10-16-22-24-17(26)7-12(3)20-18(24)27-16/h5-8H,4,9-10H2,1-3H3,(H,21,25)/p+1. The molecule has 1 atom stereocenters. The molecular weight excluding hydrogens is 386 g/mol. The molecule has 0 aliphatic heterocycles. The minimum Gasteiger partial charge on any atom is -0.322 e. The molecule has 9 heteroatoms. The number of quaternary nitrogens is 1. The summed E-state index contributed by atoms with van der Waals surface area (Å²) in [6, 6.07) is 6.87. The van der Waals surface area contributed by atoms with Crippen molar-refractivity contribution in [1.29, 1.82) is 0 Å². The van der Waals surface area contributed by atoms with Gasteiger partial charge in [0.25, 0.3) is 11.5 Å². The number of anilines is 1. The van der Waals surface area contributed by atoms with Gasteiger partial charge in [-0.05, 0) is 38.5 Å². The quantitative estimate of drug-likeness (QED) is 0.649. The molecule has 2 N–H and O–H groups in total. The Morgan fingerprint density at radius 2 is 2.11 bits per heavy atom. The first-order chi connectivity index (χ1) is 12.9. The van der Waals surface area contributed by atoms with E-state index in [1.54, 1.807) is 19.1 Å². The molecule has 7 nitrogen and oxygen atoms in total. The zero-order valence-corrected chi connectivity index (χ0v) is 16.9. The van der Waals surface area contributed by atoms with Crippen LogP contribution < -0.4 is 15.8 Å². The Kier molecular flexibility index (Phi) is 5.88. The second-order valence-electron chi connectivity index (χ2n) is 6.39. The number of carbonyl (C=O) groups excluding carboxylic acids is 1. The number of hydrogen-bond donors (Lipinski definition) is 2. The molecule has 0 saturated heterocycles. The zero-order chi connectivity index (χ0) is 19.6. The minimum absolute atomic E-state index is 0.0931. The summed E-state index contributed by atoms with van der Waals surface area (Å²) >= 11 is 7.38. The van der Waals surface area contributed by atoms with Crippen molar-refractivity contribution in [3.63, 3.8) is 0 Å². The highest BCUT2D eigenvalue weighted by molar-refractivity contribution is 7.16. The number of amides is 1. The Bertz CT molecular complexity index is 1050. The van der Waals surface area contributed by atoms with Crippen molar-refractivity contribution in [1.82, 2.24) is 14.6 Å². The number of fused-ring (bicyclic) bond motifs is 1. The fraction of sp³-hybridized carbons (Fsp3) is 0.333. The average molecular weight is 407 g/mol. The van der Waals surface area contributed by atoms with Gasteiger partial charge in [-0.2, -0.15) is 9.61 Å². The van der Waals surface area contributed by atoms with Gasteiger partial charge in [0, 0.05) is 22.5 Å². The van der Waals surface area contributed by atoms with Crippen LogP contribution in [-0.4, -0.2) is 33.6 Å². The van der Waals surface area contributed by atoms with E-state index in [2.05, 4.69) is 15.4 Å². The Hall–Kier alpha value is -2.29. The maximum absolute atomic E-state index is 12.4. The third-order valence-electron chi connectivity index (χ3n) is 4.20. The second kappa shape index (κ2) is 8.16. The number of benzene rings is 1. The van der Waals surface area contributed by atoms with Gasteiger partial charge >= 0.3 is 0 Å². The molecule has 0 aliphatic carbocycles. The van der Waals surface area contributed by atoms with Crippen molar-refractivity contribution in [2.75, 3.05) is 18.4 Å². The summed E-state index contributed by atoms with van der Waals surface area (Å²) in [6.45, 7) is 7.30. The minimum atomic E-state index is -0.188. The fourth-order valence-corrected chi connectivity index (χ4v) is 3.90. The molecule has 27 heavy (non-hydrogen) atoms. The molecule has 2 heterocycles. The topological polar surface area (TPSA) is 80.8 Å². The Morgan fingerprint density at radius 1 is 1.33 bits per heavy atom. The highest BCUT2D eigenvalue weighted by Crippen LogP contribution is 2.19. The summed E-state index contributed by atoms with van der Waals surface area (Å²) in [5, 5.41) is 8.62. The second-order valence-corrected chi connectivity index (χ2v) is 7.87. The lowest BCUT2D eigenvalue weighted by Gasteiger charge is -2.16. The van der Waals surface area contributed by atoms with Gasteiger partial charge < -0.3 is 10.2 Å². The van der Waals surface area contributed by atoms with E-state index in [9.17, 15) is 9.59 Å². The third-order valence-corrected chi connectivity index (χ3v) is 5.34. The molecule has 1 amide bonds. The smallest absolute Gasteiger partial charge is 0.279 e. The van der Waals surface area contributed by atoms with Crippen LogP contribution in [0.1, 0.15) is 23.2 Å². The van der Waals surface area contributed by atoms with Crippen LogP contribution in [0.3, 0.4) is 0 Å². The van der Waals surface area contributed by atoms with E-state index >= 15 is 0 Å². The number of rotatable bonds is 6. The molecular formula is C18H21ClN5O2S+. The van der Waals surface area contributed by atoms with Crippen LogP contribution in [0.25, 0.3) is 4.96 Å². The van der Waals surface area contributed by atoms with Crippen molar-refractivity contribution < 1.29 is 9.69 Å². The van der Waals surface area contributed by atoms with Crippen LogP contribution in [-0.2, 0) is 11.3 Å². The number of likely N-dealkylation sites (N-methyl/N-ethyl adjacent to an activating group) is 1. The lowest BCUT2D eigenvalue weighted by atomic mass is 10.2. The van der Waals surface area contributed by atoms with Crippen LogP contribution in [0, 0.1) is 13.8 Å². The molecule has 3 aromatic rings. The van der Waals surface area contributed by atoms with Gasteiger partial charge in [-0.15, -0.1) is 0 Å². The third kappa shape index (κ3) is 4.71. The number of nitrogens with one attached hydrogen (secondary N) is 2. The molecule has 0 spiro atoms. The van der Waals surface area contributed by atoms with Crippen molar-refractivity contribution in [2.24, 2.45) is 0 Å². The van der Waals surface area contributed by atoms with Crippen molar-refractivity contribution in [3.8, 4) is 0 Å². The molecule has 1 unspecified atom stereocenters.